The standard InChI is InChI=1S/C32H54N6O3/c39-27-33-19-11-3-6-14-22-36-25-26-37(23-15-7-4-12-20-34-28-40)32(31-17-9-1-2-10-18-31)38(30-36)24-16-8-5-13-21-35-29-41/h25-26,31-32H,1-24,30H2. The van der Waals surface area contributed by atoms with E-state index in [0.29, 0.717) is 31.7 Å². The molecule has 0 spiro atoms. The minimum absolute atomic E-state index is 0.426. The van der Waals surface area contributed by atoms with Crippen molar-refractivity contribution in [2.75, 3.05) is 45.9 Å². The Bertz CT molecular complexity index is 840. The highest BCUT2D eigenvalue weighted by Gasteiger charge is 2.33. The Hall–Kier alpha value is -2.56. The lowest BCUT2D eigenvalue weighted by Gasteiger charge is -2.43. The third-order valence-corrected chi connectivity index (χ3v) is 8.43. The summed E-state index contributed by atoms with van der Waals surface area (Å²) in [4.78, 5) is 50.0. The molecular formula is C32H54N6O3. The van der Waals surface area contributed by atoms with Gasteiger partial charge in [-0.2, -0.15) is 0 Å². The summed E-state index contributed by atoms with van der Waals surface area (Å²) in [5.74, 6) is 0.685. The van der Waals surface area contributed by atoms with Crippen molar-refractivity contribution in [2.45, 2.75) is 122 Å². The fourth-order valence-corrected chi connectivity index (χ4v) is 6.27. The van der Waals surface area contributed by atoms with Crippen LogP contribution in [0.1, 0.15) is 116 Å². The second kappa shape index (κ2) is 24.1. The third-order valence-electron chi connectivity index (χ3n) is 8.43. The fraction of sp³-hybridized carbons (Fsp3) is 0.844. The van der Waals surface area contributed by atoms with Crippen molar-refractivity contribution in [3.05, 3.63) is 12.4 Å². The largest absolute Gasteiger partial charge is 0.363 e. The average Bonchev–Trinajstić information content (AvgIpc) is 3.35. The molecule has 0 radical (unpaired) electrons. The number of unbranched alkanes of at least 4 members (excludes halogenated alkanes) is 9. The fourth-order valence-electron chi connectivity index (χ4n) is 6.27. The molecule has 1 saturated carbocycles. The van der Waals surface area contributed by atoms with Crippen molar-refractivity contribution in [3.8, 4) is 0 Å². The third kappa shape index (κ3) is 15.9. The van der Waals surface area contributed by atoms with Gasteiger partial charge in [0, 0.05) is 32.0 Å². The molecule has 2 aliphatic rings. The molecule has 9 heteroatoms. The first-order chi connectivity index (χ1) is 20.3. The first-order valence-electron chi connectivity index (χ1n) is 16.3. The van der Waals surface area contributed by atoms with Gasteiger partial charge in [-0.1, -0.05) is 64.2 Å². The van der Waals surface area contributed by atoms with Crippen LogP contribution in [-0.2, 0) is 14.4 Å². The zero-order valence-corrected chi connectivity index (χ0v) is 25.4. The number of nitrogens with zero attached hydrogens (tertiary/aromatic N) is 6. The predicted octanol–water partition coefficient (Wildman–Crippen LogP) is 6.32. The molecule has 1 fully saturated rings. The van der Waals surface area contributed by atoms with Crippen molar-refractivity contribution < 1.29 is 14.4 Å². The molecule has 1 unspecified atom stereocenters. The van der Waals surface area contributed by atoms with Gasteiger partial charge in [-0.3, -0.25) is 4.90 Å². The van der Waals surface area contributed by atoms with Crippen LogP contribution in [0.3, 0.4) is 0 Å². The van der Waals surface area contributed by atoms with Crippen LogP contribution in [0.4, 0.5) is 0 Å². The Kier molecular flexibility index (Phi) is 20.3. The Morgan fingerprint density at radius 3 is 1.59 bits per heavy atom. The highest BCUT2D eigenvalue weighted by atomic mass is 16.1. The number of carbonyl (C=O) groups excluding carboxylic acids is 3. The van der Waals surface area contributed by atoms with Crippen LogP contribution in [0.2, 0.25) is 0 Å². The molecule has 0 aromatic carbocycles. The first kappa shape index (κ1) is 34.6. The smallest absolute Gasteiger partial charge is 0.234 e. The van der Waals surface area contributed by atoms with E-state index in [1.807, 2.05) is 0 Å². The van der Waals surface area contributed by atoms with Gasteiger partial charge in [0.25, 0.3) is 0 Å². The molecule has 9 nitrogen and oxygen atoms in total. The second-order valence-electron chi connectivity index (χ2n) is 11.6. The summed E-state index contributed by atoms with van der Waals surface area (Å²) in [6.07, 6.45) is 31.1. The average molecular weight is 571 g/mol. The van der Waals surface area contributed by atoms with Gasteiger partial charge in [0.05, 0.1) is 32.5 Å². The highest BCUT2D eigenvalue weighted by Crippen LogP contribution is 2.32. The van der Waals surface area contributed by atoms with Crippen LogP contribution in [0.15, 0.2) is 27.4 Å². The monoisotopic (exact) mass is 570 g/mol. The number of aliphatic imine (C=N–C) groups is 3. The van der Waals surface area contributed by atoms with Gasteiger partial charge < -0.3 is 9.80 Å². The van der Waals surface area contributed by atoms with E-state index >= 15 is 0 Å². The quantitative estimate of drug-likeness (QED) is 0.0654. The normalized spacial score (nSPS) is 18.2. The van der Waals surface area contributed by atoms with Crippen LogP contribution in [0, 0.1) is 5.92 Å². The molecule has 0 aromatic rings. The molecule has 0 aromatic heterocycles. The molecule has 1 heterocycles. The molecule has 0 amide bonds. The van der Waals surface area contributed by atoms with Gasteiger partial charge in [-0.25, -0.2) is 29.4 Å². The summed E-state index contributed by atoms with van der Waals surface area (Å²) < 4.78 is 0. The van der Waals surface area contributed by atoms with Crippen molar-refractivity contribution in [1.82, 2.24) is 14.7 Å². The molecule has 0 N–H and O–H groups in total. The zero-order valence-electron chi connectivity index (χ0n) is 25.4. The summed E-state index contributed by atoms with van der Waals surface area (Å²) in [5.41, 5.74) is 0. The Morgan fingerprint density at radius 2 is 1.05 bits per heavy atom. The van der Waals surface area contributed by atoms with E-state index in [2.05, 4.69) is 42.1 Å². The van der Waals surface area contributed by atoms with Crippen molar-refractivity contribution in [3.63, 3.8) is 0 Å². The molecule has 2 rings (SSSR count). The minimum atomic E-state index is 0.426. The van der Waals surface area contributed by atoms with E-state index < -0.39 is 0 Å². The van der Waals surface area contributed by atoms with E-state index in [1.54, 1.807) is 18.2 Å². The summed E-state index contributed by atoms with van der Waals surface area (Å²) in [6.45, 7) is 5.91. The van der Waals surface area contributed by atoms with E-state index in [4.69, 9.17) is 0 Å². The first-order valence-corrected chi connectivity index (χ1v) is 16.3. The highest BCUT2D eigenvalue weighted by molar-refractivity contribution is 5.33. The zero-order chi connectivity index (χ0) is 29.2. The second-order valence-corrected chi connectivity index (χ2v) is 11.6. The summed E-state index contributed by atoms with van der Waals surface area (Å²) in [5, 5.41) is 0. The Labute approximate surface area is 248 Å². The van der Waals surface area contributed by atoms with Crippen molar-refractivity contribution in [2.24, 2.45) is 20.9 Å². The minimum Gasteiger partial charge on any atom is -0.363 e. The Morgan fingerprint density at radius 1 is 0.561 bits per heavy atom. The summed E-state index contributed by atoms with van der Waals surface area (Å²) >= 11 is 0. The molecule has 1 aliphatic heterocycles. The number of rotatable bonds is 22. The van der Waals surface area contributed by atoms with E-state index in [-0.39, 0.29) is 0 Å². The lowest BCUT2D eigenvalue weighted by molar-refractivity contribution is 0.00514. The molecule has 230 valence electrons. The van der Waals surface area contributed by atoms with Crippen LogP contribution in [0.5, 0.6) is 0 Å². The van der Waals surface area contributed by atoms with E-state index in [0.717, 1.165) is 103 Å². The lowest BCUT2D eigenvalue weighted by atomic mass is 9.94. The van der Waals surface area contributed by atoms with E-state index in [9.17, 15) is 14.4 Å². The van der Waals surface area contributed by atoms with Crippen LogP contribution < -0.4 is 0 Å². The van der Waals surface area contributed by atoms with Crippen LogP contribution >= 0.6 is 0 Å². The van der Waals surface area contributed by atoms with Crippen LogP contribution in [0.25, 0.3) is 0 Å². The van der Waals surface area contributed by atoms with Gasteiger partial charge in [-0.15, -0.1) is 0 Å². The number of hydrogen-bond donors (Lipinski definition) is 0. The van der Waals surface area contributed by atoms with Gasteiger partial charge in [-0.05, 0) is 57.3 Å². The maximum atomic E-state index is 10.4. The van der Waals surface area contributed by atoms with Gasteiger partial charge in [0.2, 0.25) is 18.2 Å². The molecular weight excluding hydrogens is 516 g/mol. The maximum Gasteiger partial charge on any atom is 0.234 e. The number of hydrogen-bond acceptors (Lipinski definition) is 9. The van der Waals surface area contributed by atoms with E-state index in [1.165, 1.54) is 38.5 Å². The van der Waals surface area contributed by atoms with Gasteiger partial charge >= 0.3 is 0 Å². The topological polar surface area (TPSA) is 98.0 Å². The molecule has 0 saturated heterocycles. The van der Waals surface area contributed by atoms with Gasteiger partial charge in [0.15, 0.2) is 0 Å². The lowest BCUT2D eigenvalue weighted by Crippen LogP contribution is -2.52. The maximum absolute atomic E-state index is 10.4. The molecule has 41 heavy (non-hydrogen) atoms. The molecule has 1 aliphatic carbocycles. The Balaban J connectivity index is 2.06. The predicted molar refractivity (Wildman–Crippen MR) is 163 cm³/mol. The molecule has 1 atom stereocenters. The van der Waals surface area contributed by atoms with Crippen molar-refractivity contribution in [1.29, 1.82) is 0 Å². The van der Waals surface area contributed by atoms with Gasteiger partial charge in [0.1, 0.15) is 0 Å². The molecule has 0 bridgehead atoms. The van der Waals surface area contributed by atoms with Crippen molar-refractivity contribution >= 4 is 18.2 Å². The van der Waals surface area contributed by atoms with Crippen LogP contribution in [-0.4, -0.2) is 85.0 Å². The summed E-state index contributed by atoms with van der Waals surface area (Å²) in [7, 11) is 0. The number of isocyanates is 3. The SMILES string of the molecule is O=C=NCCCCCCN1C=CN(CCCCCCN=C=O)C(C2CCCCCC2)N(CCCCCCN=C=O)C1. The summed E-state index contributed by atoms with van der Waals surface area (Å²) in [6, 6.07) is 0.